The highest BCUT2D eigenvalue weighted by atomic mass is 16.2. The van der Waals surface area contributed by atoms with Crippen molar-refractivity contribution < 1.29 is 4.79 Å². The van der Waals surface area contributed by atoms with E-state index >= 15 is 0 Å². The van der Waals surface area contributed by atoms with Crippen molar-refractivity contribution in [1.29, 1.82) is 0 Å². The summed E-state index contributed by atoms with van der Waals surface area (Å²) in [4.78, 5) is 14.0. The number of hydrogen-bond donors (Lipinski definition) is 1. The molecule has 0 spiro atoms. The van der Waals surface area contributed by atoms with Crippen LogP contribution in [0.4, 0.5) is 16.2 Å². The first-order valence-corrected chi connectivity index (χ1v) is 7.00. The molecule has 0 aliphatic heterocycles. The van der Waals surface area contributed by atoms with E-state index in [1.165, 1.54) is 0 Å². The average molecular weight is 281 g/mol. The van der Waals surface area contributed by atoms with Crippen LogP contribution in [0.5, 0.6) is 0 Å². The predicted octanol–water partition coefficient (Wildman–Crippen LogP) is 4.45. The summed E-state index contributed by atoms with van der Waals surface area (Å²) < 4.78 is 0. The molecule has 0 aliphatic rings. The van der Waals surface area contributed by atoms with Crippen LogP contribution >= 0.6 is 0 Å². The fourth-order valence-corrected chi connectivity index (χ4v) is 2.14. The highest BCUT2D eigenvalue weighted by Crippen LogP contribution is 2.31. The maximum absolute atomic E-state index is 12.4. The van der Waals surface area contributed by atoms with Gasteiger partial charge in [0.2, 0.25) is 0 Å². The molecule has 2 aromatic rings. The zero-order chi connectivity index (χ0) is 15.5. The van der Waals surface area contributed by atoms with Gasteiger partial charge in [-0.15, -0.1) is 0 Å². The van der Waals surface area contributed by atoms with Crippen LogP contribution < -0.4 is 10.2 Å². The molecule has 0 bridgehead atoms. The fourth-order valence-electron chi connectivity index (χ4n) is 2.14. The van der Waals surface area contributed by atoms with Gasteiger partial charge in [-0.05, 0) is 23.1 Å². The van der Waals surface area contributed by atoms with E-state index in [-0.39, 0.29) is 11.4 Å². The highest BCUT2D eigenvalue weighted by Gasteiger charge is 2.22. The van der Waals surface area contributed by atoms with Gasteiger partial charge in [0.15, 0.2) is 0 Å². The Balaban J connectivity index is 2.24. The van der Waals surface area contributed by atoms with Crippen LogP contribution in [0.3, 0.4) is 0 Å². The van der Waals surface area contributed by atoms with E-state index in [0.29, 0.717) is 0 Å². The van der Waals surface area contributed by atoms with Crippen molar-refractivity contribution in [3.8, 4) is 0 Å². The number of urea groups is 1. The number of carbonyl (C=O) groups is 1. The molecule has 0 aromatic heterocycles. The minimum atomic E-state index is -0.172. The molecule has 3 heteroatoms. The number of nitrogens with zero attached hydrogens (tertiary/aromatic N) is 1. The molecule has 0 heterocycles. The van der Waals surface area contributed by atoms with E-state index in [9.17, 15) is 4.79 Å². The van der Waals surface area contributed by atoms with Crippen molar-refractivity contribution in [3.05, 3.63) is 60.2 Å². The molecule has 2 aromatic carbocycles. The first-order valence-electron chi connectivity index (χ1n) is 7.00. The third-order valence-corrected chi connectivity index (χ3v) is 3.31. The van der Waals surface area contributed by atoms with Crippen molar-refractivity contribution in [2.24, 2.45) is 0 Å². The Labute approximate surface area is 126 Å². The van der Waals surface area contributed by atoms with Crippen molar-refractivity contribution in [3.63, 3.8) is 0 Å². The van der Waals surface area contributed by atoms with Crippen LogP contribution in [-0.4, -0.2) is 13.1 Å². The van der Waals surface area contributed by atoms with E-state index in [0.717, 1.165) is 16.9 Å². The van der Waals surface area contributed by atoms with E-state index in [1.807, 2.05) is 48.5 Å². The Morgan fingerprint density at radius 3 is 2.38 bits per heavy atom. The number of anilines is 2. The topological polar surface area (TPSA) is 32.3 Å². The summed E-state index contributed by atoms with van der Waals surface area (Å²) in [7, 11) is 1.76. The minimum absolute atomic E-state index is 0.0472. The Bertz CT molecular complexity index is 615. The van der Waals surface area contributed by atoms with E-state index in [4.69, 9.17) is 0 Å². The van der Waals surface area contributed by atoms with Gasteiger partial charge in [0.25, 0.3) is 0 Å². The summed E-state index contributed by atoms with van der Waals surface area (Å²) in [6.07, 6.45) is 0. The molecule has 2 rings (SSSR count). The van der Waals surface area contributed by atoms with E-state index in [2.05, 4.69) is 32.2 Å². The molecule has 0 aliphatic carbocycles. The van der Waals surface area contributed by atoms with Crippen molar-refractivity contribution >= 4 is 17.4 Å². The summed E-state index contributed by atoms with van der Waals surface area (Å²) in [6.45, 7) is 6.38. The van der Waals surface area contributed by atoms with Crippen LogP contribution in [0.1, 0.15) is 26.3 Å². The number of hydrogen-bond acceptors (Lipinski definition) is 1. The van der Waals surface area contributed by atoms with Crippen molar-refractivity contribution in [2.45, 2.75) is 26.2 Å². The zero-order valence-electron chi connectivity index (χ0n) is 13.0. The molecule has 0 fully saturated rings. The SMILES string of the molecule is CN(C(=O)Nc1ccccc1)c1[c]cccc1C(C)(C)C. The Hall–Kier alpha value is -2.29. The van der Waals surface area contributed by atoms with Gasteiger partial charge in [-0.2, -0.15) is 0 Å². The maximum Gasteiger partial charge on any atom is 0.326 e. The standard InChI is InChI=1S/C18H21N2O/c1-18(2,3)15-12-8-9-13-16(15)20(4)17(21)19-14-10-6-5-7-11-14/h5-12H,1-4H3,(H,19,21). The summed E-state index contributed by atoms with van der Waals surface area (Å²) in [5.41, 5.74) is 2.63. The normalized spacial score (nSPS) is 11.0. The smallest absolute Gasteiger partial charge is 0.308 e. The highest BCUT2D eigenvalue weighted by molar-refractivity contribution is 6.01. The maximum atomic E-state index is 12.4. The molecular formula is C18H21N2O. The quantitative estimate of drug-likeness (QED) is 0.866. The Kier molecular flexibility index (Phi) is 4.32. The number of para-hydroxylation sites is 2. The van der Waals surface area contributed by atoms with Gasteiger partial charge in [0.05, 0.1) is 5.69 Å². The van der Waals surface area contributed by atoms with Gasteiger partial charge >= 0.3 is 6.03 Å². The Morgan fingerprint density at radius 1 is 1.10 bits per heavy atom. The molecule has 0 unspecified atom stereocenters. The number of rotatable bonds is 2. The minimum Gasteiger partial charge on any atom is -0.308 e. The van der Waals surface area contributed by atoms with Gasteiger partial charge < -0.3 is 5.32 Å². The van der Waals surface area contributed by atoms with Gasteiger partial charge in [-0.25, -0.2) is 4.79 Å². The number of benzene rings is 2. The van der Waals surface area contributed by atoms with Crippen molar-refractivity contribution in [2.75, 3.05) is 17.3 Å². The molecule has 0 saturated carbocycles. The van der Waals surface area contributed by atoms with Crippen LogP contribution in [0, 0.1) is 6.07 Å². The molecule has 3 nitrogen and oxygen atoms in total. The zero-order valence-corrected chi connectivity index (χ0v) is 13.0. The average Bonchev–Trinajstić information content (AvgIpc) is 2.46. The van der Waals surface area contributed by atoms with Gasteiger partial charge in [0.1, 0.15) is 0 Å². The van der Waals surface area contributed by atoms with Gasteiger partial charge in [0, 0.05) is 18.8 Å². The van der Waals surface area contributed by atoms with E-state index < -0.39 is 0 Å². The number of nitrogens with one attached hydrogen (secondary N) is 1. The van der Waals surface area contributed by atoms with Crippen molar-refractivity contribution in [1.82, 2.24) is 0 Å². The lowest BCUT2D eigenvalue weighted by atomic mass is 9.85. The second-order valence-electron chi connectivity index (χ2n) is 6.04. The molecule has 0 atom stereocenters. The number of amides is 2. The lowest BCUT2D eigenvalue weighted by Gasteiger charge is -2.27. The van der Waals surface area contributed by atoms with Gasteiger partial charge in [-0.3, -0.25) is 4.90 Å². The Morgan fingerprint density at radius 2 is 1.76 bits per heavy atom. The lowest BCUT2D eigenvalue weighted by Crippen LogP contribution is -2.33. The first kappa shape index (κ1) is 15.1. The molecule has 1 radical (unpaired) electrons. The van der Waals surface area contributed by atoms with Crippen LogP contribution in [0.15, 0.2) is 48.5 Å². The molecule has 0 saturated heterocycles. The van der Waals surface area contributed by atoms with Crippen LogP contribution in [-0.2, 0) is 5.41 Å². The summed E-state index contributed by atoms with van der Waals surface area (Å²) in [6, 6.07) is 18.3. The third kappa shape index (κ3) is 3.63. The third-order valence-electron chi connectivity index (χ3n) is 3.31. The summed E-state index contributed by atoms with van der Waals surface area (Å²) in [5, 5.41) is 2.89. The van der Waals surface area contributed by atoms with Crippen LogP contribution in [0.2, 0.25) is 0 Å². The molecule has 21 heavy (non-hydrogen) atoms. The fraction of sp³-hybridized carbons (Fsp3) is 0.278. The lowest BCUT2D eigenvalue weighted by molar-refractivity contribution is 0.258. The molecule has 109 valence electrons. The second kappa shape index (κ2) is 6.00. The number of carbonyl (C=O) groups excluding carboxylic acids is 1. The van der Waals surface area contributed by atoms with Crippen LogP contribution in [0.25, 0.3) is 0 Å². The second-order valence-corrected chi connectivity index (χ2v) is 6.04. The molecule has 1 N–H and O–H groups in total. The first-order chi connectivity index (χ1) is 9.89. The summed E-state index contributed by atoms with van der Waals surface area (Å²) >= 11 is 0. The monoisotopic (exact) mass is 281 g/mol. The largest absolute Gasteiger partial charge is 0.326 e. The van der Waals surface area contributed by atoms with E-state index in [1.54, 1.807) is 11.9 Å². The molecular weight excluding hydrogens is 260 g/mol. The summed E-state index contributed by atoms with van der Waals surface area (Å²) in [5.74, 6) is 0. The van der Waals surface area contributed by atoms with Gasteiger partial charge in [-0.1, -0.05) is 57.2 Å². The molecule has 2 amide bonds. The predicted molar refractivity (Wildman–Crippen MR) is 87.8 cm³/mol.